The third-order valence-electron chi connectivity index (χ3n) is 1.96. The lowest BCUT2D eigenvalue weighted by Gasteiger charge is -2.11. The van der Waals surface area contributed by atoms with Crippen LogP contribution in [0.15, 0.2) is 24.3 Å². The molecule has 0 bridgehead atoms. The topological polar surface area (TPSA) is 52.6 Å². The van der Waals surface area contributed by atoms with Crippen LogP contribution in [0.2, 0.25) is 0 Å². The van der Waals surface area contributed by atoms with Gasteiger partial charge in [-0.15, -0.1) is 0 Å². The average molecular weight is 370 g/mol. The highest BCUT2D eigenvalue weighted by atomic mass is 127. The van der Waals surface area contributed by atoms with Crippen LogP contribution in [0.3, 0.4) is 0 Å². The summed E-state index contributed by atoms with van der Waals surface area (Å²) in [6.07, 6.45) is 0. The van der Waals surface area contributed by atoms with E-state index in [0.29, 0.717) is 12.4 Å². The van der Waals surface area contributed by atoms with Gasteiger partial charge in [-0.2, -0.15) is 8.42 Å². The minimum absolute atomic E-state index is 0.0493. The Labute approximate surface area is 116 Å². The Morgan fingerprint density at radius 3 is 2.71 bits per heavy atom. The second-order valence-electron chi connectivity index (χ2n) is 3.83. The van der Waals surface area contributed by atoms with Crippen molar-refractivity contribution in [2.24, 2.45) is 5.92 Å². The van der Waals surface area contributed by atoms with E-state index in [2.05, 4.69) is 22.6 Å². The van der Waals surface area contributed by atoms with Crippen molar-refractivity contribution in [3.63, 3.8) is 0 Å². The molecule has 0 aromatic heterocycles. The summed E-state index contributed by atoms with van der Waals surface area (Å²) in [5.41, 5.74) is 0. The van der Waals surface area contributed by atoms with Gasteiger partial charge in [-0.05, 0) is 46.7 Å². The van der Waals surface area contributed by atoms with Gasteiger partial charge in [-0.1, -0.05) is 13.0 Å². The molecule has 1 aromatic carbocycles. The lowest BCUT2D eigenvalue weighted by atomic mass is 10.2. The van der Waals surface area contributed by atoms with Crippen molar-refractivity contribution in [2.75, 3.05) is 19.5 Å². The monoisotopic (exact) mass is 370 g/mol. The fraction of sp³-hybridized carbons (Fsp3) is 0.455. The maximum Gasteiger partial charge on any atom is 0.309 e. The van der Waals surface area contributed by atoms with E-state index < -0.39 is 10.1 Å². The molecule has 1 rings (SSSR count). The Bertz CT molecular complexity index is 458. The maximum atomic E-state index is 11.7. The van der Waals surface area contributed by atoms with Crippen molar-refractivity contribution in [3.8, 4) is 5.75 Å². The highest BCUT2D eigenvalue weighted by molar-refractivity contribution is 14.1. The fourth-order valence-corrected chi connectivity index (χ4v) is 3.15. The van der Waals surface area contributed by atoms with Gasteiger partial charge in [0.2, 0.25) is 0 Å². The summed E-state index contributed by atoms with van der Waals surface area (Å²) in [4.78, 5) is 0. The molecule has 0 spiro atoms. The van der Waals surface area contributed by atoms with E-state index in [1.807, 2.05) is 6.07 Å². The number of methoxy groups -OCH3 is 1. The zero-order valence-electron chi connectivity index (χ0n) is 9.72. The molecule has 0 N–H and O–H groups in total. The molecular formula is C11H15IO4S. The molecule has 17 heavy (non-hydrogen) atoms. The van der Waals surface area contributed by atoms with E-state index in [1.54, 1.807) is 32.2 Å². The number of ether oxygens (including phenoxy) is 1. The van der Waals surface area contributed by atoms with Crippen LogP contribution >= 0.6 is 22.6 Å². The molecular weight excluding hydrogens is 355 g/mol. The number of benzene rings is 1. The molecule has 96 valence electrons. The van der Waals surface area contributed by atoms with E-state index in [-0.39, 0.29) is 11.7 Å². The quantitative estimate of drug-likeness (QED) is 0.570. The normalized spacial score (nSPS) is 13.4. The molecule has 0 heterocycles. The van der Waals surface area contributed by atoms with Crippen LogP contribution < -0.4 is 4.18 Å². The van der Waals surface area contributed by atoms with Crippen molar-refractivity contribution in [2.45, 2.75) is 6.92 Å². The van der Waals surface area contributed by atoms with Crippen molar-refractivity contribution in [1.82, 2.24) is 0 Å². The summed E-state index contributed by atoms with van der Waals surface area (Å²) in [7, 11) is -2.01. The largest absolute Gasteiger partial charge is 0.384 e. The molecule has 0 aliphatic carbocycles. The van der Waals surface area contributed by atoms with E-state index >= 15 is 0 Å². The molecule has 0 aliphatic rings. The van der Waals surface area contributed by atoms with Crippen molar-refractivity contribution in [1.29, 1.82) is 0 Å². The van der Waals surface area contributed by atoms with Crippen LogP contribution in [0.5, 0.6) is 5.75 Å². The second kappa shape index (κ2) is 6.55. The van der Waals surface area contributed by atoms with Gasteiger partial charge in [0.05, 0.1) is 5.75 Å². The summed E-state index contributed by atoms with van der Waals surface area (Å²) in [6.45, 7) is 2.20. The molecule has 0 radical (unpaired) electrons. The van der Waals surface area contributed by atoms with Crippen LogP contribution in [-0.2, 0) is 14.9 Å². The van der Waals surface area contributed by atoms with Gasteiger partial charge in [0.15, 0.2) is 0 Å². The van der Waals surface area contributed by atoms with Crippen LogP contribution in [0.1, 0.15) is 6.92 Å². The molecule has 0 unspecified atom stereocenters. The van der Waals surface area contributed by atoms with Crippen LogP contribution in [-0.4, -0.2) is 27.9 Å². The highest BCUT2D eigenvalue weighted by Crippen LogP contribution is 2.17. The Kier molecular flexibility index (Phi) is 5.68. The van der Waals surface area contributed by atoms with Crippen molar-refractivity contribution >= 4 is 32.7 Å². The minimum Gasteiger partial charge on any atom is -0.384 e. The third kappa shape index (κ3) is 5.69. The SMILES string of the molecule is COC[C@H](C)CS(=O)(=O)Oc1cccc(I)c1. The average Bonchev–Trinajstić information content (AvgIpc) is 2.15. The molecule has 0 aliphatic heterocycles. The molecule has 1 atom stereocenters. The summed E-state index contributed by atoms with van der Waals surface area (Å²) < 4.78 is 34.3. The minimum atomic E-state index is -3.56. The van der Waals surface area contributed by atoms with E-state index in [4.69, 9.17) is 8.92 Å². The summed E-state index contributed by atoms with van der Waals surface area (Å²) in [6, 6.07) is 6.93. The zero-order chi connectivity index (χ0) is 12.9. The molecule has 1 aromatic rings. The van der Waals surface area contributed by atoms with Gasteiger partial charge in [0.25, 0.3) is 0 Å². The first-order valence-corrected chi connectivity index (χ1v) is 7.75. The first-order valence-electron chi connectivity index (χ1n) is 5.09. The first-order chi connectivity index (χ1) is 7.93. The summed E-state index contributed by atoms with van der Waals surface area (Å²) in [5.74, 6) is 0.209. The molecule has 0 saturated carbocycles. The molecule has 0 amide bonds. The summed E-state index contributed by atoms with van der Waals surface area (Å²) in [5, 5.41) is 0. The van der Waals surface area contributed by atoms with E-state index in [1.165, 1.54) is 0 Å². The second-order valence-corrected chi connectivity index (χ2v) is 6.69. The van der Waals surface area contributed by atoms with Crippen LogP contribution in [0, 0.1) is 9.49 Å². The number of rotatable bonds is 6. The van der Waals surface area contributed by atoms with Crippen molar-refractivity contribution in [3.05, 3.63) is 27.8 Å². The highest BCUT2D eigenvalue weighted by Gasteiger charge is 2.17. The predicted molar refractivity (Wildman–Crippen MR) is 74.6 cm³/mol. The van der Waals surface area contributed by atoms with Gasteiger partial charge in [0.1, 0.15) is 5.75 Å². The van der Waals surface area contributed by atoms with Gasteiger partial charge in [-0.3, -0.25) is 0 Å². The summed E-state index contributed by atoms with van der Waals surface area (Å²) >= 11 is 2.10. The third-order valence-corrected chi connectivity index (χ3v) is 4.05. The lowest BCUT2D eigenvalue weighted by molar-refractivity contribution is 0.167. The van der Waals surface area contributed by atoms with Crippen LogP contribution in [0.25, 0.3) is 0 Å². The number of halogens is 1. The van der Waals surface area contributed by atoms with E-state index in [0.717, 1.165) is 3.57 Å². The molecule has 0 fully saturated rings. The fourth-order valence-electron chi connectivity index (χ4n) is 1.38. The maximum absolute atomic E-state index is 11.7. The Morgan fingerprint density at radius 2 is 2.12 bits per heavy atom. The number of hydrogen-bond donors (Lipinski definition) is 0. The molecule has 0 saturated heterocycles. The lowest BCUT2D eigenvalue weighted by Crippen LogP contribution is -2.21. The smallest absolute Gasteiger partial charge is 0.309 e. The molecule has 6 heteroatoms. The van der Waals surface area contributed by atoms with Gasteiger partial charge >= 0.3 is 10.1 Å². The molecule has 4 nitrogen and oxygen atoms in total. The van der Waals surface area contributed by atoms with Crippen LogP contribution in [0.4, 0.5) is 0 Å². The zero-order valence-corrected chi connectivity index (χ0v) is 12.7. The Hall–Kier alpha value is -0.340. The van der Waals surface area contributed by atoms with Gasteiger partial charge in [-0.25, -0.2) is 0 Å². The first kappa shape index (κ1) is 14.7. The van der Waals surface area contributed by atoms with Gasteiger partial charge < -0.3 is 8.92 Å². The van der Waals surface area contributed by atoms with E-state index in [9.17, 15) is 8.42 Å². The Morgan fingerprint density at radius 1 is 1.41 bits per heavy atom. The number of hydrogen-bond acceptors (Lipinski definition) is 4. The van der Waals surface area contributed by atoms with Gasteiger partial charge in [0, 0.05) is 17.3 Å². The predicted octanol–water partition coefficient (Wildman–Crippen LogP) is 2.28. The Balaban J connectivity index is 2.67. The van der Waals surface area contributed by atoms with Crippen molar-refractivity contribution < 1.29 is 17.3 Å². The standard InChI is InChI=1S/C11H15IO4S/c1-9(7-15-2)8-17(13,14)16-11-5-3-4-10(12)6-11/h3-6,9H,7-8H2,1-2H3/t9-/m0/s1.